The van der Waals surface area contributed by atoms with E-state index in [4.69, 9.17) is 4.74 Å². The minimum atomic E-state index is -0.353. The average Bonchev–Trinajstić information content (AvgIpc) is 3.58. The lowest BCUT2D eigenvalue weighted by Crippen LogP contribution is -2.56. The Balaban J connectivity index is 1.32. The van der Waals surface area contributed by atoms with Crippen molar-refractivity contribution in [2.24, 2.45) is 10.9 Å². The largest absolute Gasteiger partial charge is 0.378 e. The standard InChI is InChI=1S/C34H38N4O2/c1-34(2)28-18-30(38-14-12-37(13-15-38)25-20-40-21-25)24(10-8-22-6-4-5-7-22)17-27(28)32(39)31-26-11-9-23(19-35-3)16-29(26)36-33(31)34/h9,11,16-19,22,25,36H,4-7,12-15,20-21H2,1-3H3/b35-19-. The third-order valence-electron chi connectivity index (χ3n) is 9.56. The maximum Gasteiger partial charge on any atom is 0.195 e. The van der Waals surface area contributed by atoms with Gasteiger partial charge in [0.05, 0.1) is 30.5 Å². The first-order valence-corrected chi connectivity index (χ1v) is 14.8. The van der Waals surface area contributed by atoms with Crippen LogP contribution in [0, 0.1) is 17.8 Å². The third-order valence-corrected chi connectivity index (χ3v) is 9.56. The Bertz CT molecular complexity index is 1570. The number of rotatable bonds is 3. The van der Waals surface area contributed by atoms with Gasteiger partial charge in [0.2, 0.25) is 0 Å². The second kappa shape index (κ2) is 9.90. The second-order valence-corrected chi connectivity index (χ2v) is 12.4. The predicted octanol–water partition coefficient (Wildman–Crippen LogP) is 5.15. The summed E-state index contributed by atoms with van der Waals surface area (Å²) in [5.74, 6) is 7.74. The highest BCUT2D eigenvalue weighted by molar-refractivity contribution is 6.20. The van der Waals surface area contributed by atoms with Crippen LogP contribution in [0.3, 0.4) is 0 Å². The topological polar surface area (TPSA) is 60.9 Å². The maximum atomic E-state index is 14.2. The van der Waals surface area contributed by atoms with Crippen molar-refractivity contribution in [1.29, 1.82) is 0 Å². The zero-order valence-electron chi connectivity index (χ0n) is 23.8. The number of carbonyl (C=O) groups is 1. The summed E-state index contributed by atoms with van der Waals surface area (Å²) >= 11 is 0. The Morgan fingerprint density at radius 1 is 1.07 bits per heavy atom. The van der Waals surface area contributed by atoms with Crippen LogP contribution in [-0.2, 0) is 10.2 Å². The predicted molar refractivity (Wildman–Crippen MR) is 161 cm³/mol. The minimum absolute atomic E-state index is 0.0951. The van der Waals surface area contributed by atoms with Crippen LogP contribution in [-0.4, -0.2) is 74.4 Å². The molecule has 1 N–H and O–H groups in total. The number of aromatic amines is 1. The molecule has 6 nitrogen and oxygen atoms in total. The highest BCUT2D eigenvalue weighted by atomic mass is 16.5. The SMILES string of the molecule is C/N=C\c1ccc2c3c([nH]c2c1)C(C)(C)c1cc(N2CCN(C4COC4)CC2)c(C#CC2CCCC2)cc1C3=O. The van der Waals surface area contributed by atoms with E-state index in [0.29, 0.717) is 12.0 Å². The van der Waals surface area contributed by atoms with Crippen molar-refractivity contribution >= 4 is 28.6 Å². The van der Waals surface area contributed by atoms with Gasteiger partial charge in [-0.25, -0.2) is 0 Å². The van der Waals surface area contributed by atoms with Crippen molar-refractivity contribution in [3.05, 3.63) is 63.8 Å². The van der Waals surface area contributed by atoms with Crippen molar-refractivity contribution in [3.63, 3.8) is 0 Å². The number of carbonyl (C=O) groups excluding carboxylic acids is 1. The molecule has 2 aromatic carbocycles. The van der Waals surface area contributed by atoms with Gasteiger partial charge >= 0.3 is 0 Å². The molecule has 3 heterocycles. The smallest absolute Gasteiger partial charge is 0.195 e. The van der Waals surface area contributed by atoms with Gasteiger partial charge in [0, 0.05) is 78.5 Å². The van der Waals surface area contributed by atoms with Gasteiger partial charge in [0.15, 0.2) is 5.78 Å². The zero-order chi connectivity index (χ0) is 27.4. The molecule has 3 aromatic rings. The summed E-state index contributed by atoms with van der Waals surface area (Å²) in [7, 11) is 1.78. The van der Waals surface area contributed by atoms with E-state index in [-0.39, 0.29) is 11.2 Å². The fraction of sp³-hybridized carbons (Fsp3) is 0.471. The van der Waals surface area contributed by atoms with Crippen LogP contribution in [0.15, 0.2) is 35.3 Å². The first-order valence-electron chi connectivity index (χ1n) is 14.8. The minimum Gasteiger partial charge on any atom is -0.378 e. The number of hydrogen-bond acceptors (Lipinski definition) is 5. The number of fused-ring (bicyclic) bond motifs is 4. The second-order valence-electron chi connectivity index (χ2n) is 12.4. The zero-order valence-corrected chi connectivity index (χ0v) is 23.8. The highest BCUT2D eigenvalue weighted by Gasteiger charge is 2.41. The molecule has 0 spiro atoms. The number of ketones is 1. The Morgan fingerprint density at radius 3 is 2.55 bits per heavy atom. The molecule has 4 aliphatic rings. The normalized spacial score (nSPS) is 21.4. The van der Waals surface area contributed by atoms with E-state index in [0.717, 1.165) is 83.8 Å². The monoisotopic (exact) mass is 534 g/mol. The molecule has 0 bridgehead atoms. The molecule has 6 heteroatoms. The Kier molecular flexibility index (Phi) is 6.33. The number of aliphatic imine (C=N–C) groups is 1. The number of anilines is 1. The van der Waals surface area contributed by atoms with Crippen molar-refractivity contribution in [2.45, 2.75) is 51.0 Å². The molecular formula is C34H38N4O2. The Hall–Kier alpha value is -3.40. The van der Waals surface area contributed by atoms with Gasteiger partial charge in [-0.15, -0.1) is 0 Å². The van der Waals surface area contributed by atoms with Gasteiger partial charge in [-0.3, -0.25) is 14.7 Å². The number of nitrogens with zero attached hydrogens (tertiary/aromatic N) is 3. The van der Waals surface area contributed by atoms with Gasteiger partial charge in [-0.05, 0) is 42.2 Å². The van der Waals surface area contributed by atoms with Crippen molar-refractivity contribution in [3.8, 4) is 11.8 Å². The maximum absolute atomic E-state index is 14.2. The van der Waals surface area contributed by atoms with Gasteiger partial charge in [-0.2, -0.15) is 0 Å². The molecule has 0 radical (unpaired) electrons. The quantitative estimate of drug-likeness (QED) is 0.373. The summed E-state index contributed by atoms with van der Waals surface area (Å²) in [6, 6.07) is 11.2. The molecule has 3 fully saturated rings. The lowest BCUT2D eigenvalue weighted by molar-refractivity contribution is -0.0660. The number of H-pyrrole nitrogens is 1. The van der Waals surface area contributed by atoms with Gasteiger partial charge in [-0.1, -0.05) is 50.7 Å². The first kappa shape index (κ1) is 25.6. The summed E-state index contributed by atoms with van der Waals surface area (Å²) in [6.45, 7) is 10.2. The molecule has 7 rings (SSSR count). The van der Waals surface area contributed by atoms with Crippen LogP contribution in [0.4, 0.5) is 5.69 Å². The molecule has 1 saturated carbocycles. The van der Waals surface area contributed by atoms with Crippen LogP contribution in [0.2, 0.25) is 0 Å². The summed E-state index contributed by atoms with van der Waals surface area (Å²) in [6.07, 6.45) is 6.76. The molecule has 40 heavy (non-hydrogen) atoms. The average molecular weight is 535 g/mol. The van der Waals surface area contributed by atoms with Crippen LogP contribution >= 0.6 is 0 Å². The lowest BCUT2D eigenvalue weighted by atomic mass is 9.70. The molecule has 0 atom stereocenters. The number of hydrogen-bond donors (Lipinski definition) is 1. The van der Waals surface area contributed by atoms with Crippen molar-refractivity contribution in [1.82, 2.24) is 9.88 Å². The number of piperazine rings is 1. The molecule has 2 aliphatic carbocycles. The molecular weight excluding hydrogens is 496 g/mol. The number of nitrogens with one attached hydrogen (secondary N) is 1. The summed E-state index contributed by atoms with van der Waals surface area (Å²) in [4.78, 5) is 27.1. The van der Waals surface area contributed by atoms with E-state index in [1.54, 1.807) is 7.05 Å². The van der Waals surface area contributed by atoms with E-state index in [9.17, 15) is 4.79 Å². The van der Waals surface area contributed by atoms with Crippen molar-refractivity contribution < 1.29 is 9.53 Å². The van der Waals surface area contributed by atoms with Crippen LogP contribution in [0.1, 0.15) is 77.8 Å². The van der Waals surface area contributed by atoms with Gasteiger partial charge in [0.25, 0.3) is 0 Å². The molecule has 0 unspecified atom stereocenters. The van der Waals surface area contributed by atoms with Gasteiger partial charge in [0.1, 0.15) is 0 Å². The third kappa shape index (κ3) is 4.19. The Labute approximate surface area is 236 Å². The number of ether oxygens (including phenoxy) is 1. The first-order chi connectivity index (χ1) is 19.4. The van der Waals surface area contributed by atoms with E-state index in [2.05, 4.69) is 69.7 Å². The fourth-order valence-electron chi connectivity index (χ4n) is 7.09. The fourth-order valence-corrected chi connectivity index (χ4v) is 7.09. The van der Waals surface area contributed by atoms with Crippen LogP contribution in [0.5, 0.6) is 0 Å². The molecule has 2 aliphatic heterocycles. The summed E-state index contributed by atoms with van der Waals surface area (Å²) in [5, 5.41) is 0.978. The lowest BCUT2D eigenvalue weighted by Gasteiger charge is -2.43. The number of benzene rings is 2. The van der Waals surface area contributed by atoms with Gasteiger partial charge < -0.3 is 14.6 Å². The molecule has 2 saturated heterocycles. The van der Waals surface area contributed by atoms with Crippen molar-refractivity contribution in [2.75, 3.05) is 51.3 Å². The molecule has 0 amide bonds. The Morgan fingerprint density at radius 2 is 1.85 bits per heavy atom. The molecule has 1 aromatic heterocycles. The summed E-state index contributed by atoms with van der Waals surface area (Å²) in [5.41, 5.74) is 7.50. The summed E-state index contributed by atoms with van der Waals surface area (Å²) < 4.78 is 5.45. The van der Waals surface area contributed by atoms with E-state index >= 15 is 0 Å². The highest BCUT2D eigenvalue weighted by Crippen LogP contribution is 2.45. The van der Waals surface area contributed by atoms with Crippen LogP contribution < -0.4 is 4.90 Å². The van der Waals surface area contributed by atoms with E-state index in [1.165, 1.54) is 31.4 Å². The molecule has 206 valence electrons. The van der Waals surface area contributed by atoms with E-state index in [1.807, 2.05) is 12.3 Å². The van der Waals surface area contributed by atoms with E-state index < -0.39 is 0 Å². The number of aromatic nitrogens is 1. The van der Waals surface area contributed by atoms with Crippen LogP contribution in [0.25, 0.3) is 10.9 Å².